The Kier molecular flexibility index (Phi) is 8.83. The van der Waals surface area contributed by atoms with Gasteiger partial charge in [-0.05, 0) is 41.8 Å². The lowest BCUT2D eigenvalue weighted by molar-refractivity contribution is 0.458. The van der Waals surface area contributed by atoms with Gasteiger partial charge >= 0.3 is 0 Å². The smallest absolute Gasteiger partial charge is 0.296 e. The first-order valence-electron chi connectivity index (χ1n) is 14.0. The number of aromatic hydroxyl groups is 2. The van der Waals surface area contributed by atoms with Gasteiger partial charge in [-0.2, -0.15) is 33.7 Å². The minimum absolute atomic E-state index is 0.00928. The molecule has 0 amide bonds. The van der Waals surface area contributed by atoms with Gasteiger partial charge in [-0.1, -0.05) is 48.5 Å². The summed E-state index contributed by atoms with van der Waals surface area (Å²) in [6.07, 6.45) is 0. The summed E-state index contributed by atoms with van der Waals surface area (Å²) in [4.78, 5) is -3.25. The van der Waals surface area contributed by atoms with Crippen LogP contribution in [0.5, 0.6) is 11.5 Å². The lowest BCUT2D eigenvalue weighted by atomic mass is 10.1. The number of benzene rings is 6. The second-order valence-corrected chi connectivity index (χ2v) is 16.4. The molecule has 0 fully saturated rings. The predicted molar refractivity (Wildman–Crippen MR) is 183 cm³/mol. The van der Waals surface area contributed by atoms with Crippen LogP contribution in [0.1, 0.15) is 0 Å². The minimum Gasteiger partial charge on any atom is -0.505 e. The van der Waals surface area contributed by atoms with Crippen LogP contribution in [0.2, 0.25) is 0 Å². The number of hydrogen-bond donors (Lipinski definition) is 6. The van der Waals surface area contributed by atoms with Crippen molar-refractivity contribution >= 4 is 95.5 Å². The highest BCUT2D eigenvalue weighted by atomic mass is 32.2. The highest BCUT2D eigenvalue weighted by Gasteiger charge is 2.29. The number of nitrogens with zero attached hydrogens (tertiary/aromatic N) is 4. The van der Waals surface area contributed by atoms with Crippen molar-refractivity contribution in [2.24, 2.45) is 20.5 Å². The van der Waals surface area contributed by atoms with Gasteiger partial charge in [0, 0.05) is 21.5 Å². The molecule has 0 aliphatic carbocycles. The topological polar surface area (TPSA) is 307 Å². The summed E-state index contributed by atoms with van der Waals surface area (Å²) in [5.74, 6) is -2.38. The summed E-state index contributed by atoms with van der Waals surface area (Å²) in [5.41, 5.74) is -2.20. The van der Waals surface area contributed by atoms with Crippen LogP contribution in [0.15, 0.2) is 125 Å². The third kappa shape index (κ3) is 6.67. The number of rotatable bonds is 8. The average molecular weight is 789 g/mol. The van der Waals surface area contributed by atoms with Crippen LogP contribution in [-0.2, 0) is 40.5 Å². The van der Waals surface area contributed by atoms with Gasteiger partial charge in [0.05, 0.1) is 16.8 Å². The molecule has 0 saturated heterocycles. The Morgan fingerprint density at radius 2 is 0.731 bits per heavy atom. The molecule has 52 heavy (non-hydrogen) atoms. The summed E-state index contributed by atoms with van der Waals surface area (Å²) in [7, 11) is -20.0. The first-order valence-corrected chi connectivity index (χ1v) is 19.8. The molecular formula is C30H20N4O14S4. The molecule has 0 aliphatic rings. The summed E-state index contributed by atoms with van der Waals surface area (Å²) in [5, 5.41) is 36.8. The van der Waals surface area contributed by atoms with E-state index in [0.717, 1.165) is 24.3 Å². The summed E-state index contributed by atoms with van der Waals surface area (Å²) in [6, 6.07) is 16.7. The van der Waals surface area contributed by atoms with Crippen LogP contribution in [0.25, 0.3) is 32.3 Å². The van der Waals surface area contributed by atoms with Crippen molar-refractivity contribution in [2.75, 3.05) is 0 Å². The fraction of sp³-hybridized carbons (Fsp3) is 0. The van der Waals surface area contributed by atoms with Gasteiger partial charge in [-0.25, -0.2) is 0 Å². The molecule has 6 N–H and O–H groups in total. The highest BCUT2D eigenvalue weighted by molar-refractivity contribution is 7.86. The molecule has 268 valence electrons. The Hall–Kier alpha value is -5.46. The molecular weight excluding hydrogens is 769 g/mol. The third-order valence-electron chi connectivity index (χ3n) is 7.60. The molecule has 0 aromatic heterocycles. The largest absolute Gasteiger partial charge is 0.505 e. The minimum atomic E-state index is -5.30. The van der Waals surface area contributed by atoms with Crippen molar-refractivity contribution in [3.05, 3.63) is 84.9 Å². The van der Waals surface area contributed by atoms with E-state index >= 15 is 0 Å². The van der Waals surface area contributed by atoms with E-state index < -0.39 is 93.7 Å². The van der Waals surface area contributed by atoms with Crippen LogP contribution >= 0.6 is 0 Å². The van der Waals surface area contributed by atoms with E-state index in [1.807, 2.05) is 0 Å². The van der Waals surface area contributed by atoms with Crippen LogP contribution in [0.4, 0.5) is 22.7 Å². The number of phenols is 2. The molecule has 0 atom stereocenters. The molecule has 0 bridgehead atoms. The second kappa shape index (κ2) is 12.6. The van der Waals surface area contributed by atoms with E-state index in [2.05, 4.69) is 20.5 Å². The maximum atomic E-state index is 12.4. The van der Waals surface area contributed by atoms with E-state index in [9.17, 15) is 62.1 Å². The molecule has 0 saturated carbocycles. The second-order valence-electron chi connectivity index (χ2n) is 10.8. The number of hydrogen-bond acceptors (Lipinski definition) is 14. The fourth-order valence-corrected chi connectivity index (χ4v) is 8.10. The van der Waals surface area contributed by atoms with Crippen molar-refractivity contribution in [3.8, 4) is 11.5 Å². The molecule has 0 spiro atoms. The van der Waals surface area contributed by atoms with Crippen molar-refractivity contribution in [1.82, 2.24) is 0 Å². The maximum absolute atomic E-state index is 12.4. The Morgan fingerprint density at radius 3 is 1.06 bits per heavy atom. The standard InChI is InChI=1S/C30H20N4O14S4/c35-29-26-15(13-24(51(43,44)45)27(29)33-31-20-9-11-22(49(37,38)39)18-7-3-1-5-16(18)20)14-25(52(46,47)48)28(30(26)36)34-32-21-10-12-23(50(40,41)42)19-8-4-2-6-17(19)21/h1-14,35-36H,(H,37,38,39)(H,40,41,42)(H,43,44,45)(H,46,47,48). The zero-order chi connectivity index (χ0) is 38.0. The summed E-state index contributed by atoms with van der Waals surface area (Å²) >= 11 is 0. The monoisotopic (exact) mass is 788 g/mol. The molecule has 0 radical (unpaired) electrons. The molecule has 0 unspecified atom stereocenters. The normalized spacial score (nSPS) is 13.2. The van der Waals surface area contributed by atoms with Crippen LogP contribution in [0.3, 0.4) is 0 Å². The number of phenolic OH excluding ortho intramolecular Hbond substituents is 2. The van der Waals surface area contributed by atoms with E-state index in [-0.39, 0.29) is 32.9 Å². The molecule has 6 rings (SSSR count). The zero-order valence-corrected chi connectivity index (χ0v) is 28.7. The van der Waals surface area contributed by atoms with Gasteiger partial charge < -0.3 is 10.2 Å². The average Bonchev–Trinajstić information content (AvgIpc) is 3.04. The van der Waals surface area contributed by atoms with Gasteiger partial charge in [-0.15, -0.1) is 20.5 Å². The first-order chi connectivity index (χ1) is 24.2. The van der Waals surface area contributed by atoms with Crippen LogP contribution < -0.4 is 0 Å². The quantitative estimate of drug-likeness (QED) is 0.0721. The summed E-state index contributed by atoms with van der Waals surface area (Å²) < 4.78 is 137. The van der Waals surface area contributed by atoms with Crippen molar-refractivity contribution in [3.63, 3.8) is 0 Å². The summed E-state index contributed by atoms with van der Waals surface area (Å²) in [6.45, 7) is 0. The first kappa shape index (κ1) is 36.3. The molecule has 6 aromatic rings. The van der Waals surface area contributed by atoms with Gasteiger partial charge in [0.2, 0.25) is 0 Å². The van der Waals surface area contributed by atoms with E-state index in [1.165, 1.54) is 48.5 Å². The van der Waals surface area contributed by atoms with Crippen LogP contribution in [0, 0.1) is 0 Å². The Morgan fingerprint density at radius 1 is 0.404 bits per heavy atom. The molecule has 18 nitrogen and oxygen atoms in total. The molecule has 22 heteroatoms. The Balaban J connectivity index is 1.60. The zero-order valence-electron chi connectivity index (χ0n) is 25.5. The van der Waals surface area contributed by atoms with Gasteiger partial charge in [0.1, 0.15) is 31.0 Å². The SMILES string of the molecule is O=S(=O)(O)c1cc2cc(S(=O)(=O)O)c(N=Nc3ccc(S(=O)(=O)O)c4ccccc34)c(O)c2c(O)c1N=Nc1ccc(S(=O)(=O)O)c2ccccc12. The van der Waals surface area contributed by atoms with Crippen molar-refractivity contribution in [1.29, 1.82) is 0 Å². The van der Waals surface area contributed by atoms with Gasteiger partial charge in [0.25, 0.3) is 40.5 Å². The van der Waals surface area contributed by atoms with E-state index in [4.69, 9.17) is 0 Å². The predicted octanol–water partition coefficient (Wildman–Crippen LogP) is 6.38. The molecule has 0 heterocycles. The van der Waals surface area contributed by atoms with E-state index in [1.54, 1.807) is 0 Å². The third-order valence-corrected chi connectivity index (χ3v) is 11.2. The lowest BCUT2D eigenvalue weighted by Crippen LogP contribution is -2.02. The maximum Gasteiger partial charge on any atom is 0.296 e. The molecule has 6 aromatic carbocycles. The molecule has 0 aliphatic heterocycles. The van der Waals surface area contributed by atoms with Crippen molar-refractivity contribution in [2.45, 2.75) is 19.6 Å². The number of azo groups is 2. The Labute approximate surface area is 293 Å². The number of fused-ring (bicyclic) bond motifs is 3. The van der Waals surface area contributed by atoms with Gasteiger partial charge in [0.15, 0.2) is 11.5 Å². The fourth-order valence-electron chi connectivity index (χ4n) is 5.39. The lowest BCUT2D eigenvalue weighted by Gasteiger charge is -2.13. The Bertz CT molecular complexity index is 2840. The van der Waals surface area contributed by atoms with Gasteiger partial charge in [-0.3, -0.25) is 18.2 Å². The van der Waals surface area contributed by atoms with Crippen LogP contribution in [-0.4, -0.2) is 62.1 Å². The van der Waals surface area contributed by atoms with E-state index in [0.29, 0.717) is 12.1 Å². The van der Waals surface area contributed by atoms with Crippen molar-refractivity contribution < 1.29 is 62.1 Å². The highest BCUT2D eigenvalue weighted by Crippen LogP contribution is 2.50.